The molecule has 0 aliphatic carbocycles. The number of benzene rings is 1. The summed E-state index contributed by atoms with van der Waals surface area (Å²) in [5, 5.41) is 2.16. The maximum atomic E-state index is 13.0. The van der Waals surface area contributed by atoms with Crippen LogP contribution in [0.2, 0.25) is 0 Å². The molecule has 1 aliphatic rings. The van der Waals surface area contributed by atoms with E-state index in [1.165, 1.54) is 24.4 Å². The molecule has 2 heterocycles. The Morgan fingerprint density at radius 2 is 1.82 bits per heavy atom. The van der Waals surface area contributed by atoms with Gasteiger partial charge in [0.2, 0.25) is 10.0 Å². The minimum absolute atomic E-state index is 0.0750. The van der Waals surface area contributed by atoms with Gasteiger partial charge in [-0.05, 0) is 36.3 Å². The van der Waals surface area contributed by atoms with Gasteiger partial charge in [-0.3, -0.25) is 9.78 Å². The minimum atomic E-state index is -4.70. The van der Waals surface area contributed by atoms with E-state index in [0.717, 1.165) is 22.5 Å². The number of carbonyl (C=O) groups excluding carboxylic acids is 1. The van der Waals surface area contributed by atoms with E-state index in [1.807, 2.05) is 0 Å². The number of sulfonamides is 1. The molecule has 13 heteroatoms. The summed E-state index contributed by atoms with van der Waals surface area (Å²) in [6.07, 6.45) is -7.41. The van der Waals surface area contributed by atoms with Crippen LogP contribution in [-0.2, 0) is 16.2 Å². The standard InChI is InChI=1S/C21H19F6N3O3S/c22-20(23,24)8-10-29-19(31)18-17(5-2-9-28-18)14-6-11-30(12-7-14)34(32,33)16-4-1-3-15(13-16)21(25,26)27/h1-6,9,13H,7-8,10-12H2,(H,29,31). The van der Waals surface area contributed by atoms with E-state index in [1.54, 1.807) is 0 Å². The number of aromatic nitrogens is 1. The Bertz CT molecular complexity index is 1190. The molecule has 1 amide bonds. The van der Waals surface area contributed by atoms with Crippen molar-refractivity contribution in [3.8, 4) is 0 Å². The van der Waals surface area contributed by atoms with Crippen molar-refractivity contribution in [2.45, 2.75) is 30.1 Å². The van der Waals surface area contributed by atoms with Crippen LogP contribution in [0.1, 0.15) is 34.5 Å². The number of amides is 1. The predicted molar refractivity (Wildman–Crippen MR) is 110 cm³/mol. The third-order valence-electron chi connectivity index (χ3n) is 5.03. The van der Waals surface area contributed by atoms with E-state index in [4.69, 9.17) is 0 Å². The normalized spacial score (nSPS) is 15.6. The molecule has 1 N–H and O–H groups in total. The number of hydrogen-bond donors (Lipinski definition) is 1. The first-order chi connectivity index (χ1) is 15.8. The van der Waals surface area contributed by atoms with Crippen LogP contribution < -0.4 is 5.32 Å². The maximum absolute atomic E-state index is 13.0. The van der Waals surface area contributed by atoms with Crippen molar-refractivity contribution in [2.24, 2.45) is 0 Å². The fraction of sp³-hybridized carbons (Fsp3) is 0.333. The number of pyridine rings is 1. The van der Waals surface area contributed by atoms with Crippen LogP contribution in [0.15, 0.2) is 53.6 Å². The van der Waals surface area contributed by atoms with E-state index >= 15 is 0 Å². The topological polar surface area (TPSA) is 79.4 Å². The van der Waals surface area contributed by atoms with Crippen molar-refractivity contribution in [1.82, 2.24) is 14.6 Å². The van der Waals surface area contributed by atoms with Crippen LogP contribution in [0.3, 0.4) is 0 Å². The zero-order valence-electron chi connectivity index (χ0n) is 17.4. The zero-order chi connectivity index (χ0) is 25.1. The highest BCUT2D eigenvalue weighted by atomic mass is 32.2. The quantitative estimate of drug-likeness (QED) is 0.593. The van der Waals surface area contributed by atoms with Gasteiger partial charge in [-0.15, -0.1) is 0 Å². The van der Waals surface area contributed by atoms with Crippen molar-refractivity contribution in [1.29, 1.82) is 0 Å². The molecule has 3 rings (SSSR count). The number of nitrogens with one attached hydrogen (secondary N) is 1. The maximum Gasteiger partial charge on any atom is 0.416 e. The fourth-order valence-corrected chi connectivity index (χ4v) is 4.77. The first kappa shape index (κ1) is 25.7. The highest BCUT2D eigenvalue weighted by Crippen LogP contribution is 2.32. The molecule has 0 atom stereocenters. The Morgan fingerprint density at radius 1 is 1.09 bits per heavy atom. The number of carbonyl (C=O) groups is 1. The predicted octanol–water partition coefficient (Wildman–Crippen LogP) is 4.26. The third kappa shape index (κ3) is 6.14. The lowest BCUT2D eigenvalue weighted by molar-refractivity contribution is -0.137. The summed E-state index contributed by atoms with van der Waals surface area (Å²) >= 11 is 0. The average molecular weight is 507 g/mol. The molecule has 0 saturated carbocycles. The second-order valence-corrected chi connectivity index (χ2v) is 9.33. The van der Waals surface area contributed by atoms with E-state index < -0.39 is 51.7 Å². The molecule has 34 heavy (non-hydrogen) atoms. The Labute approximate surface area is 191 Å². The molecule has 0 bridgehead atoms. The van der Waals surface area contributed by atoms with Gasteiger partial charge in [-0.2, -0.15) is 30.6 Å². The first-order valence-corrected chi connectivity index (χ1v) is 11.4. The van der Waals surface area contributed by atoms with Gasteiger partial charge in [0, 0.05) is 31.4 Å². The van der Waals surface area contributed by atoms with E-state index in [9.17, 15) is 39.6 Å². The molecule has 1 aliphatic heterocycles. The lowest BCUT2D eigenvalue weighted by atomic mass is 9.98. The summed E-state index contributed by atoms with van der Waals surface area (Å²) in [7, 11) is -4.22. The number of rotatable bonds is 6. The summed E-state index contributed by atoms with van der Waals surface area (Å²) in [5.74, 6) is -0.806. The third-order valence-corrected chi connectivity index (χ3v) is 6.89. The average Bonchev–Trinajstić information content (AvgIpc) is 2.78. The van der Waals surface area contributed by atoms with Gasteiger partial charge in [0.1, 0.15) is 5.69 Å². The van der Waals surface area contributed by atoms with Crippen LogP contribution in [0, 0.1) is 0 Å². The van der Waals surface area contributed by atoms with Gasteiger partial charge >= 0.3 is 12.4 Å². The molecule has 0 spiro atoms. The van der Waals surface area contributed by atoms with Crippen molar-refractivity contribution >= 4 is 21.5 Å². The number of hydrogen-bond acceptors (Lipinski definition) is 4. The van der Waals surface area contributed by atoms with E-state index in [-0.39, 0.29) is 25.2 Å². The minimum Gasteiger partial charge on any atom is -0.350 e. The lowest BCUT2D eigenvalue weighted by Gasteiger charge is -2.26. The van der Waals surface area contributed by atoms with Crippen LogP contribution >= 0.6 is 0 Å². The van der Waals surface area contributed by atoms with E-state index in [2.05, 4.69) is 10.3 Å². The van der Waals surface area contributed by atoms with Crippen molar-refractivity contribution in [3.63, 3.8) is 0 Å². The monoisotopic (exact) mass is 507 g/mol. The Kier molecular flexibility index (Phi) is 7.36. The second kappa shape index (κ2) is 9.74. The molecule has 1 aromatic heterocycles. The second-order valence-electron chi connectivity index (χ2n) is 7.39. The number of nitrogens with zero attached hydrogens (tertiary/aromatic N) is 2. The van der Waals surface area contributed by atoms with Gasteiger partial charge < -0.3 is 5.32 Å². The Balaban J connectivity index is 1.77. The molecular weight excluding hydrogens is 488 g/mol. The van der Waals surface area contributed by atoms with Gasteiger partial charge in [0.15, 0.2) is 0 Å². The molecule has 0 radical (unpaired) electrons. The van der Waals surface area contributed by atoms with Crippen molar-refractivity contribution < 1.29 is 39.6 Å². The number of halogens is 6. The largest absolute Gasteiger partial charge is 0.416 e. The summed E-state index contributed by atoms with van der Waals surface area (Å²) in [6, 6.07) is 6.49. The van der Waals surface area contributed by atoms with Crippen LogP contribution in [0.4, 0.5) is 26.3 Å². The zero-order valence-corrected chi connectivity index (χ0v) is 18.3. The Hall–Kier alpha value is -2.93. The summed E-state index contributed by atoms with van der Waals surface area (Å²) in [5.41, 5.74) is -0.309. The molecular formula is C21H19F6N3O3S. The fourth-order valence-electron chi connectivity index (χ4n) is 3.34. The summed E-state index contributed by atoms with van der Waals surface area (Å²) < 4.78 is 103. The van der Waals surface area contributed by atoms with Crippen LogP contribution in [-0.4, -0.2) is 49.4 Å². The molecule has 1 aromatic carbocycles. The smallest absolute Gasteiger partial charge is 0.350 e. The van der Waals surface area contributed by atoms with Crippen molar-refractivity contribution in [3.05, 3.63) is 65.5 Å². The van der Waals surface area contributed by atoms with Crippen LogP contribution in [0.5, 0.6) is 0 Å². The lowest BCUT2D eigenvalue weighted by Crippen LogP contribution is -2.35. The highest BCUT2D eigenvalue weighted by molar-refractivity contribution is 7.89. The molecule has 0 fully saturated rings. The Morgan fingerprint density at radius 3 is 2.44 bits per heavy atom. The van der Waals surface area contributed by atoms with Gasteiger partial charge in [-0.1, -0.05) is 18.2 Å². The first-order valence-electron chi connectivity index (χ1n) is 9.96. The molecule has 2 aromatic rings. The molecule has 184 valence electrons. The highest BCUT2D eigenvalue weighted by Gasteiger charge is 2.34. The van der Waals surface area contributed by atoms with Gasteiger partial charge in [0.05, 0.1) is 16.9 Å². The van der Waals surface area contributed by atoms with Crippen molar-refractivity contribution in [2.75, 3.05) is 19.6 Å². The number of alkyl halides is 6. The molecule has 0 saturated heterocycles. The van der Waals surface area contributed by atoms with Gasteiger partial charge in [-0.25, -0.2) is 8.42 Å². The summed E-state index contributed by atoms with van der Waals surface area (Å²) in [4.78, 5) is 15.8. The van der Waals surface area contributed by atoms with Gasteiger partial charge in [0.25, 0.3) is 5.91 Å². The summed E-state index contributed by atoms with van der Waals surface area (Å²) in [6.45, 7) is -0.868. The van der Waals surface area contributed by atoms with E-state index in [0.29, 0.717) is 17.2 Å². The van der Waals surface area contributed by atoms with Crippen LogP contribution in [0.25, 0.3) is 5.57 Å². The molecule has 6 nitrogen and oxygen atoms in total. The SMILES string of the molecule is O=C(NCCC(F)(F)F)c1ncccc1C1=CCN(S(=O)(=O)c2cccc(C(F)(F)F)c2)CC1. The molecule has 0 unspecified atom stereocenters.